The lowest BCUT2D eigenvalue weighted by Crippen LogP contribution is -2.60. The lowest BCUT2D eigenvalue weighted by atomic mass is 9.95. The van der Waals surface area contributed by atoms with E-state index in [1.807, 2.05) is 53.1 Å². The summed E-state index contributed by atoms with van der Waals surface area (Å²) in [7, 11) is 5.46. The van der Waals surface area contributed by atoms with Crippen LogP contribution in [0.25, 0.3) is 16.6 Å². The second kappa shape index (κ2) is 9.47. The van der Waals surface area contributed by atoms with Crippen LogP contribution in [0.15, 0.2) is 43.0 Å². The fraction of sp³-hybridized carbons (Fsp3) is 0.400. The van der Waals surface area contributed by atoms with E-state index in [0.29, 0.717) is 49.6 Å². The highest BCUT2D eigenvalue weighted by molar-refractivity contribution is 5.91. The Morgan fingerprint density at radius 2 is 1.92 bits per heavy atom. The minimum atomic E-state index is -0.128. The Kier molecular flexibility index (Phi) is 6.20. The Balaban J connectivity index is 1.17. The van der Waals surface area contributed by atoms with E-state index < -0.39 is 0 Å². The van der Waals surface area contributed by atoms with E-state index in [1.165, 1.54) is 6.20 Å². The summed E-state index contributed by atoms with van der Waals surface area (Å²) in [4.78, 5) is 30.5. The first kappa shape index (κ1) is 23.6. The third-order valence-corrected chi connectivity index (χ3v) is 6.67. The van der Waals surface area contributed by atoms with E-state index in [0.717, 1.165) is 11.1 Å². The maximum absolute atomic E-state index is 12.8. The van der Waals surface area contributed by atoms with Crippen molar-refractivity contribution >= 4 is 17.3 Å². The van der Waals surface area contributed by atoms with Gasteiger partial charge >= 0.3 is 0 Å². The van der Waals surface area contributed by atoms with Crippen LogP contribution in [0.2, 0.25) is 0 Å². The minimum absolute atomic E-state index is 0.0414. The molecule has 2 aliphatic heterocycles. The molecular weight excluding hydrogens is 460 g/mol. The third-order valence-electron chi connectivity index (χ3n) is 6.67. The molecule has 0 aliphatic carbocycles. The van der Waals surface area contributed by atoms with Crippen LogP contribution >= 0.6 is 0 Å². The number of fused-ring (bicyclic) bond motifs is 1. The number of amides is 2. The summed E-state index contributed by atoms with van der Waals surface area (Å²) in [5.74, 6) is 0.496. The molecule has 2 fully saturated rings. The fourth-order valence-electron chi connectivity index (χ4n) is 4.51. The Labute approximate surface area is 208 Å². The number of carbonyl (C=O) groups is 2. The molecule has 3 aromatic rings. The molecule has 186 valence electrons. The zero-order valence-corrected chi connectivity index (χ0v) is 20.5. The van der Waals surface area contributed by atoms with Crippen LogP contribution in [-0.4, -0.2) is 99.8 Å². The summed E-state index contributed by atoms with van der Waals surface area (Å²) in [6.07, 6.45) is 10.5. The predicted octanol–water partition coefficient (Wildman–Crippen LogP) is 1.04. The number of rotatable bonds is 7. The van der Waals surface area contributed by atoms with E-state index in [4.69, 9.17) is 4.74 Å². The van der Waals surface area contributed by atoms with Crippen molar-refractivity contribution < 1.29 is 14.3 Å². The number of hydrogen-bond acceptors (Lipinski definition) is 7. The van der Waals surface area contributed by atoms with Crippen LogP contribution in [0.3, 0.4) is 0 Å². The maximum atomic E-state index is 12.8. The van der Waals surface area contributed by atoms with Gasteiger partial charge in [0.1, 0.15) is 22.9 Å². The first-order valence-electron chi connectivity index (χ1n) is 11.8. The normalized spacial score (nSPS) is 16.4. The number of methoxy groups -OCH3 is 1. The quantitative estimate of drug-likeness (QED) is 0.457. The van der Waals surface area contributed by atoms with Gasteiger partial charge in [-0.25, -0.2) is 4.52 Å². The average Bonchev–Trinajstić information content (AvgIpc) is 3.43. The Bertz CT molecular complexity index is 1370. The first-order valence-corrected chi connectivity index (χ1v) is 11.8. The summed E-state index contributed by atoms with van der Waals surface area (Å²) in [5, 5.41) is 18.1. The number of hydrogen-bond donors (Lipinski definition) is 0. The molecule has 2 amide bonds. The Morgan fingerprint density at radius 1 is 1.14 bits per heavy atom. The highest BCUT2D eigenvalue weighted by Gasteiger charge is 2.41. The van der Waals surface area contributed by atoms with Gasteiger partial charge in [-0.2, -0.15) is 15.5 Å². The molecular formula is C25H28N8O3. The van der Waals surface area contributed by atoms with Gasteiger partial charge in [0.05, 0.1) is 31.5 Å². The molecule has 0 atom stereocenters. The number of pyridine rings is 1. The second-order valence-corrected chi connectivity index (χ2v) is 9.47. The van der Waals surface area contributed by atoms with Crippen molar-refractivity contribution in [3.8, 4) is 22.9 Å². The number of likely N-dealkylation sites (N-methyl/N-ethyl adjacent to an activating group) is 1. The zero-order chi connectivity index (χ0) is 25.4. The van der Waals surface area contributed by atoms with Crippen molar-refractivity contribution in [2.75, 3.05) is 53.9 Å². The summed E-state index contributed by atoms with van der Waals surface area (Å²) in [5.41, 5.74) is 2.84. The lowest BCUT2D eigenvalue weighted by Gasteiger charge is -2.45. The summed E-state index contributed by atoms with van der Waals surface area (Å²) >= 11 is 0. The van der Waals surface area contributed by atoms with Crippen LogP contribution in [0.5, 0.6) is 5.75 Å². The third kappa shape index (κ3) is 4.31. The number of nitriles is 1. The molecule has 0 saturated carbocycles. The SMILES string of the molecule is COc1cc(-c2cnn(C3CN(C(=O)C4CN(C(=O)/C=C/CN(C)C)C4)C3)c2)cn2ncc(C#N)c12. The average molecular weight is 489 g/mol. The zero-order valence-electron chi connectivity index (χ0n) is 20.5. The van der Waals surface area contributed by atoms with Gasteiger partial charge in [0.25, 0.3) is 0 Å². The Hall–Kier alpha value is -4.17. The fourth-order valence-corrected chi connectivity index (χ4v) is 4.51. The van der Waals surface area contributed by atoms with Crippen LogP contribution in [0.1, 0.15) is 11.6 Å². The second-order valence-electron chi connectivity index (χ2n) is 9.47. The molecule has 2 aliphatic rings. The molecule has 36 heavy (non-hydrogen) atoms. The predicted molar refractivity (Wildman–Crippen MR) is 131 cm³/mol. The van der Waals surface area contributed by atoms with Crippen molar-refractivity contribution in [2.24, 2.45) is 5.92 Å². The molecule has 5 rings (SSSR count). The van der Waals surface area contributed by atoms with E-state index >= 15 is 0 Å². The molecule has 11 heteroatoms. The lowest BCUT2D eigenvalue weighted by molar-refractivity contribution is -0.150. The van der Waals surface area contributed by atoms with Gasteiger partial charge in [-0.3, -0.25) is 14.3 Å². The van der Waals surface area contributed by atoms with E-state index in [2.05, 4.69) is 16.3 Å². The van der Waals surface area contributed by atoms with Crippen LogP contribution in [0, 0.1) is 17.2 Å². The van der Waals surface area contributed by atoms with Gasteiger partial charge in [0, 0.05) is 62.3 Å². The molecule has 2 saturated heterocycles. The van der Waals surface area contributed by atoms with Crippen molar-refractivity contribution in [1.82, 2.24) is 34.1 Å². The van der Waals surface area contributed by atoms with Crippen molar-refractivity contribution in [2.45, 2.75) is 6.04 Å². The molecule has 0 aromatic carbocycles. The largest absolute Gasteiger partial charge is 0.494 e. The van der Waals surface area contributed by atoms with Gasteiger partial charge in [0.15, 0.2) is 0 Å². The first-order chi connectivity index (χ1) is 17.4. The summed E-state index contributed by atoms with van der Waals surface area (Å²) in [6.45, 7) is 2.85. The van der Waals surface area contributed by atoms with Gasteiger partial charge < -0.3 is 19.4 Å². The number of nitrogens with zero attached hydrogens (tertiary/aromatic N) is 8. The molecule has 0 spiro atoms. The highest BCUT2D eigenvalue weighted by Crippen LogP contribution is 2.31. The van der Waals surface area contributed by atoms with E-state index in [-0.39, 0.29) is 23.8 Å². The molecule has 5 heterocycles. The number of ether oxygens (including phenoxy) is 1. The summed E-state index contributed by atoms with van der Waals surface area (Å²) < 4.78 is 9.01. The Morgan fingerprint density at radius 3 is 2.61 bits per heavy atom. The minimum Gasteiger partial charge on any atom is -0.494 e. The van der Waals surface area contributed by atoms with Crippen LogP contribution < -0.4 is 4.74 Å². The topological polar surface area (TPSA) is 112 Å². The smallest absolute Gasteiger partial charge is 0.246 e. The monoisotopic (exact) mass is 488 g/mol. The van der Waals surface area contributed by atoms with Gasteiger partial charge in [0.2, 0.25) is 11.8 Å². The summed E-state index contributed by atoms with van der Waals surface area (Å²) in [6, 6.07) is 4.11. The van der Waals surface area contributed by atoms with Gasteiger partial charge in [-0.1, -0.05) is 6.08 Å². The molecule has 3 aromatic heterocycles. The van der Waals surface area contributed by atoms with Gasteiger partial charge in [-0.15, -0.1) is 0 Å². The van der Waals surface area contributed by atoms with Crippen LogP contribution in [-0.2, 0) is 9.59 Å². The number of likely N-dealkylation sites (tertiary alicyclic amines) is 2. The molecule has 11 nitrogen and oxygen atoms in total. The molecule has 0 unspecified atom stereocenters. The standard InChI is InChI=1S/C25H28N8O3/c1-29(2)6-4-5-23(34)30-11-20(12-30)25(35)31-15-21(16-31)32-14-19(10-27-32)17-7-22(36-3)24-18(8-26)9-28-33(24)13-17/h4-5,7,9-10,13-14,20-21H,6,11-12,15-16H2,1-3H3/b5-4+. The molecule has 0 radical (unpaired) electrons. The maximum Gasteiger partial charge on any atom is 0.246 e. The number of carbonyl (C=O) groups excluding carboxylic acids is 2. The highest BCUT2D eigenvalue weighted by atomic mass is 16.5. The van der Waals surface area contributed by atoms with Crippen LogP contribution in [0.4, 0.5) is 0 Å². The van der Waals surface area contributed by atoms with Crippen molar-refractivity contribution in [3.05, 3.63) is 48.6 Å². The van der Waals surface area contributed by atoms with Gasteiger partial charge in [-0.05, 0) is 20.2 Å². The van der Waals surface area contributed by atoms with Crippen molar-refractivity contribution in [3.63, 3.8) is 0 Å². The molecule has 0 N–H and O–H groups in total. The van der Waals surface area contributed by atoms with Crippen molar-refractivity contribution in [1.29, 1.82) is 5.26 Å². The van der Waals surface area contributed by atoms with E-state index in [9.17, 15) is 14.9 Å². The molecule has 0 bridgehead atoms. The number of aromatic nitrogens is 4. The van der Waals surface area contributed by atoms with E-state index in [1.54, 1.807) is 28.8 Å².